The predicted octanol–water partition coefficient (Wildman–Crippen LogP) is 3.18. The van der Waals surface area contributed by atoms with Gasteiger partial charge in [0.2, 0.25) is 0 Å². The van der Waals surface area contributed by atoms with E-state index in [9.17, 15) is 4.79 Å². The van der Waals surface area contributed by atoms with Gasteiger partial charge in [-0.05, 0) is 36.2 Å². The zero-order chi connectivity index (χ0) is 13.2. The van der Waals surface area contributed by atoms with Crippen LogP contribution in [0.3, 0.4) is 0 Å². The molecule has 2 aromatic rings. The lowest BCUT2D eigenvalue weighted by Crippen LogP contribution is -2.11. The Labute approximate surface area is 124 Å². The number of rotatable bonds is 3. The first-order valence-electron chi connectivity index (χ1n) is 6.46. The van der Waals surface area contributed by atoms with E-state index in [0.29, 0.717) is 11.5 Å². The third-order valence-electron chi connectivity index (χ3n) is 3.45. The molecule has 3 nitrogen and oxygen atoms in total. The SMILES string of the molecule is Cl.N[C@@H]1C[C@H]1c1cccc(NC(=O)c2ccccc2)c1. The van der Waals surface area contributed by atoms with Crippen LogP contribution in [0.25, 0.3) is 0 Å². The highest BCUT2D eigenvalue weighted by Crippen LogP contribution is 2.39. The van der Waals surface area contributed by atoms with Crippen molar-refractivity contribution in [3.8, 4) is 0 Å². The monoisotopic (exact) mass is 288 g/mol. The van der Waals surface area contributed by atoms with Crippen molar-refractivity contribution in [2.45, 2.75) is 18.4 Å². The van der Waals surface area contributed by atoms with Gasteiger partial charge in [0.15, 0.2) is 0 Å². The van der Waals surface area contributed by atoms with Gasteiger partial charge in [0.1, 0.15) is 0 Å². The number of halogens is 1. The maximum Gasteiger partial charge on any atom is 0.255 e. The number of hydrogen-bond donors (Lipinski definition) is 2. The fourth-order valence-corrected chi connectivity index (χ4v) is 2.24. The van der Waals surface area contributed by atoms with Crippen LogP contribution in [0.2, 0.25) is 0 Å². The third-order valence-corrected chi connectivity index (χ3v) is 3.45. The van der Waals surface area contributed by atoms with E-state index >= 15 is 0 Å². The molecule has 2 aromatic carbocycles. The summed E-state index contributed by atoms with van der Waals surface area (Å²) in [4.78, 5) is 12.0. The molecule has 20 heavy (non-hydrogen) atoms. The first-order chi connectivity index (χ1) is 9.24. The highest BCUT2D eigenvalue weighted by molar-refractivity contribution is 6.04. The van der Waals surface area contributed by atoms with Crippen LogP contribution in [0.1, 0.15) is 28.3 Å². The maximum absolute atomic E-state index is 12.0. The van der Waals surface area contributed by atoms with Crippen LogP contribution in [0, 0.1) is 0 Å². The summed E-state index contributed by atoms with van der Waals surface area (Å²) < 4.78 is 0. The summed E-state index contributed by atoms with van der Waals surface area (Å²) in [5.41, 5.74) is 8.55. The number of benzene rings is 2. The van der Waals surface area contributed by atoms with Crippen molar-refractivity contribution in [1.29, 1.82) is 0 Å². The van der Waals surface area contributed by atoms with Gasteiger partial charge >= 0.3 is 0 Å². The standard InChI is InChI=1S/C16H16N2O.ClH/c17-15-10-14(15)12-7-4-8-13(9-12)18-16(19)11-5-2-1-3-6-11;/h1-9,14-15H,10,17H2,(H,18,19);1H/t14-,15+;/m0./s1. The van der Waals surface area contributed by atoms with Crippen molar-refractivity contribution in [2.75, 3.05) is 5.32 Å². The minimum Gasteiger partial charge on any atom is -0.327 e. The van der Waals surface area contributed by atoms with Crippen molar-refractivity contribution >= 4 is 24.0 Å². The van der Waals surface area contributed by atoms with E-state index in [1.165, 1.54) is 5.56 Å². The fourth-order valence-electron chi connectivity index (χ4n) is 2.24. The molecule has 1 amide bonds. The smallest absolute Gasteiger partial charge is 0.255 e. The molecule has 0 aliphatic heterocycles. The van der Waals surface area contributed by atoms with Crippen LogP contribution < -0.4 is 11.1 Å². The third kappa shape index (κ3) is 3.18. The van der Waals surface area contributed by atoms with E-state index in [1.807, 2.05) is 36.4 Å². The van der Waals surface area contributed by atoms with Crippen LogP contribution in [-0.4, -0.2) is 11.9 Å². The average molecular weight is 289 g/mol. The predicted molar refractivity (Wildman–Crippen MR) is 83.4 cm³/mol. The second-order valence-corrected chi connectivity index (χ2v) is 4.95. The zero-order valence-electron chi connectivity index (χ0n) is 11.0. The summed E-state index contributed by atoms with van der Waals surface area (Å²) in [5, 5.41) is 2.92. The molecule has 0 heterocycles. The Bertz CT molecular complexity index is 600. The van der Waals surface area contributed by atoms with E-state index in [-0.39, 0.29) is 24.4 Å². The summed E-state index contributed by atoms with van der Waals surface area (Å²) >= 11 is 0. The summed E-state index contributed by atoms with van der Waals surface area (Å²) in [6.45, 7) is 0. The first kappa shape index (κ1) is 14.6. The molecule has 0 bridgehead atoms. The molecule has 2 atom stereocenters. The zero-order valence-corrected chi connectivity index (χ0v) is 11.8. The highest BCUT2D eigenvalue weighted by atomic mass is 35.5. The van der Waals surface area contributed by atoms with Crippen molar-refractivity contribution in [1.82, 2.24) is 0 Å². The molecule has 0 spiro atoms. The topological polar surface area (TPSA) is 55.1 Å². The Morgan fingerprint density at radius 3 is 2.45 bits per heavy atom. The fraction of sp³-hybridized carbons (Fsp3) is 0.188. The molecule has 1 saturated carbocycles. The second kappa shape index (κ2) is 6.07. The lowest BCUT2D eigenvalue weighted by molar-refractivity contribution is 0.102. The van der Waals surface area contributed by atoms with Gasteiger partial charge in [0.05, 0.1) is 0 Å². The van der Waals surface area contributed by atoms with E-state index < -0.39 is 0 Å². The van der Waals surface area contributed by atoms with Crippen molar-refractivity contribution in [3.63, 3.8) is 0 Å². The number of carbonyl (C=O) groups excluding carboxylic acids is 1. The molecule has 0 radical (unpaired) electrons. The summed E-state index contributed by atoms with van der Waals surface area (Å²) in [7, 11) is 0. The summed E-state index contributed by atoms with van der Waals surface area (Å²) in [5.74, 6) is 0.367. The molecular weight excluding hydrogens is 272 g/mol. The molecule has 1 aliphatic rings. The molecule has 0 saturated heterocycles. The van der Waals surface area contributed by atoms with E-state index in [0.717, 1.165) is 12.1 Å². The minimum absolute atomic E-state index is 0. The van der Waals surface area contributed by atoms with E-state index in [1.54, 1.807) is 12.1 Å². The number of anilines is 1. The van der Waals surface area contributed by atoms with Gasteiger partial charge in [-0.2, -0.15) is 0 Å². The van der Waals surface area contributed by atoms with Crippen LogP contribution in [0.5, 0.6) is 0 Å². The number of hydrogen-bond acceptors (Lipinski definition) is 2. The molecule has 104 valence electrons. The largest absolute Gasteiger partial charge is 0.327 e. The quantitative estimate of drug-likeness (QED) is 0.911. The van der Waals surface area contributed by atoms with Gasteiger partial charge in [-0.25, -0.2) is 0 Å². The van der Waals surface area contributed by atoms with Crippen molar-refractivity contribution in [2.24, 2.45) is 5.73 Å². The lowest BCUT2D eigenvalue weighted by Gasteiger charge is -2.07. The van der Waals surface area contributed by atoms with Gasteiger partial charge in [-0.15, -0.1) is 12.4 Å². The van der Waals surface area contributed by atoms with E-state index in [4.69, 9.17) is 5.73 Å². The van der Waals surface area contributed by atoms with Gasteiger partial charge < -0.3 is 11.1 Å². The molecule has 3 rings (SSSR count). The Morgan fingerprint density at radius 2 is 1.80 bits per heavy atom. The Balaban J connectivity index is 0.00000147. The van der Waals surface area contributed by atoms with Gasteiger partial charge in [0.25, 0.3) is 5.91 Å². The normalized spacial score (nSPS) is 19.9. The summed E-state index contributed by atoms with van der Waals surface area (Å²) in [6, 6.07) is 17.4. The van der Waals surface area contributed by atoms with Crippen LogP contribution in [-0.2, 0) is 0 Å². The Kier molecular flexibility index (Phi) is 4.42. The molecule has 0 aromatic heterocycles. The minimum atomic E-state index is -0.0853. The molecule has 1 fully saturated rings. The number of amides is 1. The Morgan fingerprint density at radius 1 is 1.10 bits per heavy atom. The van der Waals surface area contributed by atoms with Crippen molar-refractivity contribution in [3.05, 3.63) is 65.7 Å². The number of carbonyl (C=O) groups is 1. The van der Waals surface area contributed by atoms with Crippen LogP contribution in [0.4, 0.5) is 5.69 Å². The molecule has 3 N–H and O–H groups in total. The first-order valence-corrected chi connectivity index (χ1v) is 6.46. The molecular formula is C16H17ClN2O. The lowest BCUT2D eigenvalue weighted by atomic mass is 10.1. The van der Waals surface area contributed by atoms with Crippen LogP contribution in [0.15, 0.2) is 54.6 Å². The Hall–Kier alpha value is -1.84. The average Bonchev–Trinajstić information content (AvgIpc) is 3.17. The molecule has 1 aliphatic carbocycles. The maximum atomic E-state index is 12.0. The molecule has 0 unspecified atom stereocenters. The highest BCUT2D eigenvalue weighted by Gasteiger charge is 2.34. The summed E-state index contributed by atoms with van der Waals surface area (Å²) in [6.07, 6.45) is 1.04. The number of nitrogens with one attached hydrogen (secondary N) is 1. The van der Waals surface area contributed by atoms with Gasteiger partial charge in [-0.1, -0.05) is 30.3 Å². The van der Waals surface area contributed by atoms with Crippen molar-refractivity contribution < 1.29 is 4.79 Å². The number of nitrogens with two attached hydrogens (primary N) is 1. The van der Waals surface area contributed by atoms with E-state index in [2.05, 4.69) is 11.4 Å². The molecule has 4 heteroatoms. The second-order valence-electron chi connectivity index (χ2n) is 4.95. The van der Waals surface area contributed by atoms with Gasteiger partial charge in [0, 0.05) is 23.2 Å². The van der Waals surface area contributed by atoms with Gasteiger partial charge in [-0.3, -0.25) is 4.79 Å². The van der Waals surface area contributed by atoms with Crippen LogP contribution >= 0.6 is 12.4 Å².